The van der Waals surface area contributed by atoms with Gasteiger partial charge in [-0.25, -0.2) is 14.5 Å². The summed E-state index contributed by atoms with van der Waals surface area (Å²) in [5, 5.41) is 6.74. The number of hydrogen-bond donors (Lipinski definition) is 1. The number of alkyl halides is 2. The predicted octanol–water partition coefficient (Wildman–Crippen LogP) is 4.13. The molecule has 0 saturated carbocycles. The summed E-state index contributed by atoms with van der Waals surface area (Å²) >= 11 is 0. The predicted molar refractivity (Wildman–Crippen MR) is 92.3 cm³/mol. The van der Waals surface area contributed by atoms with Crippen LogP contribution in [0.25, 0.3) is 11.1 Å². The van der Waals surface area contributed by atoms with Crippen LogP contribution >= 0.6 is 0 Å². The largest absolute Gasteiger partial charge is 0.437 e. The van der Waals surface area contributed by atoms with Gasteiger partial charge in [-0.2, -0.15) is 13.9 Å². The normalized spacial score (nSPS) is 11.2. The van der Waals surface area contributed by atoms with Gasteiger partial charge in [0.2, 0.25) is 5.58 Å². The first kappa shape index (κ1) is 18.6. The first-order valence-electron chi connectivity index (χ1n) is 8.31. The van der Waals surface area contributed by atoms with Gasteiger partial charge in [-0.05, 0) is 26.0 Å². The fourth-order valence-corrected chi connectivity index (χ4v) is 2.53. The number of carbonyl (C=O) groups excluding carboxylic acids is 1. The molecule has 1 amide bonds. The maximum atomic E-state index is 12.6. The van der Waals surface area contributed by atoms with Crippen molar-refractivity contribution < 1.29 is 27.5 Å². The van der Waals surface area contributed by atoms with Gasteiger partial charge in [-0.1, -0.05) is 6.92 Å². The van der Waals surface area contributed by atoms with Gasteiger partial charge >= 0.3 is 12.7 Å². The molecule has 0 aliphatic heterocycles. The van der Waals surface area contributed by atoms with E-state index in [9.17, 15) is 13.6 Å². The molecule has 3 rings (SSSR count). The molecule has 0 bridgehead atoms. The van der Waals surface area contributed by atoms with Gasteiger partial charge in [0, 0.05) is 18.5 Å². The highest BCUT2D eigenvalue weighted by atomic mass is 19.3. The molecule has 0 spiro atoms. The molecule has 1 N–H and O–H groups in total. The first-order chi connectivity index (χ1) is 12.9. The Morgan fingerprint density at radius 3 is 2.74 bits per heavy atom. The van der Waals surface area contributed by atoms with Crippen molar-refractivity contribution in [2.24, 2.45) is 0 Å². The van der Waals surface area contributed by atoms with Gasteiger partial charge in [0.05, 0.1) is 6.20 Å². The molecule has 8 nitrogen and oxygen atoms in total. The fraction of sp³-hybridized carbons (Fsp3) is 0.353. The van der Waals surface area contributed by atoms with E-state index < -0.39 is 12.7 Å². The minimum Gasteiger partial charge on any atom is -0.437 e. The minimum absolute atomic E-state index is 0.0385. The van der Waals surface area contributed by atoms with Crippen LogP contribution in [-0.4, -0.2) is 27.5 Å². The Balaban J connectivity index is 1.89. The van der Waals surface area contributed by atoms with Crippen LogP contribution in [0.3, 0.4) is 0 Å². The zero-order valence-electron chi connectivity index (χ0n) is 15.0. The number of benzene rings is 1. The highest BCUT2D eigenvalue weighted by Gasteiger charge is 2.20. The molecule has 0 fully saturated rings. The lowest BCUT2D eigenvalue weighted by Gasteiger charge is -2.10. The van der Waals surface area contributed by atoms with Crippen LogP contribution in [0.4, 0.5) is 19.4 Å². The van der Waals surface area contributed by atoms with Crippen molar-refractivity contribution in [2.75, 3.05) is 5.32 Å². The third-order valence-corrected chi connectivity index (χ3v) is 3.78. The van der Waals surface area contributed by atoms with Crippen molar-refractivity contribution in [1.29, 1.82) is 0 Å². The number of rotatable bonds is 6. The molecule has 3 aromatic rings. The lowest BCUT2D eigenvalue weighted by molar-refractivity contribution is -0.0489. The quantitative estimate of drug-likeness (QED) is 0.691. The number of aryl methyl sites for hydroxylation is 3. The second kappa shape index (κ2) is 7.60. The third kappa shape index (κ3) is 3.83. The Morgan fingerprint density at radius 2 is 2.07 bits per heavy atom. The highest BCUT2D eigenvalue weighted by Crippen LogP contribution is 2.34. The number of carbonyl (C=O) groups is 1. The van der Waals surface area contributed by atoms with Crippen molar-refractivity contribution in [1.82, 2.24) is 14.8 Å². The Morgan fingerprint density at radius 1 is 1.33 bits per heavy atom. The van der Waals surface area contributed by atoms with Crippen molar-refractivity contribution >= 4 is 23.0 Å². The van der Waals surface area contributed by atoms with Crippen LogP contribution in [0.2, 0.25) is 0 Å². The topological polar surface area (TPSA) is 91.4 Å². The molecule has 2 aromatic heterocycles. The highest BCUT2D eigenvalue weighted by molar-refractivity contribution is 5.91. The third-order valence-electron chi connectivity index (χ3n) is 3.78. The van der Waals surface area contributed by atoms with Crippen LogP contribution in [-0.2, 0) is 13.0 Å². The summed E-state index contributed by atoms with van der Waals surface area (Å²) in [6.45, 7) is 3.03. The maximum absolute atomic E-state index is 12.6. The van der Waals surface area contributed by atoms with E-state index in [0.717, 1.165) is 5.56 Å². The standard InChI is InChI=1S/C17H18F2N4O4/c1-4-12-21-13-10(25-16(18)19)6-7-11(14(13)27-12)26-17(24)22-15-9(3)8-20-23(15)5-2/h6-8,16H,4-5H2,1-3H3,(H,22,24). The Labute approximate surface area is 153 Å². The number of nitrogens with one attached hydrogen (secondary N) is 1. The van der Waals surface area contributed by atoms with Crippen molar-refractivity contribution in [3.05, 3.63) is 29.8 Å². The number of ether oxygens (including phenoxy) is 2. The lowest BCUT2D eigenvalue weighted by atomic mass is 10.3. The average Bonchev–Trinajstić information content (AvgIpc) is 3.21. The van der Waals surface area contributed by atoms with E-state index in [0.29, 0.717) is 24.7 Å². The average molecular weight is 380 g/mol. The van der Waals surface area contributed by atoms with E-state index >= 15 is 0 Å². The molecule has 0 aliphatic rings. The van der Waals surface area contributed by atoms with Gasteiger partial charge < -0.3 is 13.9 Å². The van der Waals surface area contributed by atoms with Crippen LogP contribution in [0, 0.1) is 6.92 Å². The Kier molecular flexibility index (Phi) is 5.24. The zero-order chi connectivity index (χ0) is 19.6. The van der Waals surface area contributed by atoms with E-state index in [1.165, 1.54) is 12.1 Å². The first-order valence-corrected chi connectivity index (χ1v) is 8.31. The molecule has 2 heterocycles. The number of anilines is 1. The summed E-state index contributed by atoms with van der Waals surface area (Å²) in [5.74, 6) is 0.691. The van der Waals surface area contributed by atoms with Crippen LogP contribution in [0.5, 0.6) is 11.5 Å². The maximum Gasteiger partial charge on any atom is 0.418 e. The molecular weight excluding hydrogens is 362 g/mol. The van der Waals surface area contributed by atoms with Crippen LogP contribution < -0.4 is 14.8 Å². The number of aromatic nitrogens is 3. The summed E-state index contributed by atoms with van der Waals surface area (Å²) < 4.78 is 42.1. The minimum atomic E-state index is -3.01. The molecule has 0 aliphatic carbocycles. The lowest BCUT2D eigenvalue weighted by Crippen LogP contribution is -2.20. The molecule has 10 heteroatoms. The number of amides is 1. The fourth-order valence-electron chi connectivity index (χ4n) is 2.53. The summed E-state index contributed by atoms with van der Waals surface area (Å²) in [7, 11) is 0. The molecule has 1 aromatic carbocycles. The number of fused-ring (bicyclic) bond motifs is 1. The van der Waals surface area contributed by atoms with Crippen molar-refractivity contribution in [3.8, 4) is 11.5 Å². The van der Waals surface area contributed by atoms with Gasteiger partial charge in [0.1, 0.15) is 5.82 Å². The number of hydrogen-bond acceptors (Lipinski definition) is 6. The van der Waals surface area contributed by atoms with Gasteiger partial charge in [-0.15, -0.1) is 0 Å². The number of nitrogens with zero attached hydrogens (tertiary/aromatic N) is 3. The van der Waals surface area contributed by atoms with E-state index in [-0.39, 0.29) is 22.6 Å². The molecule has 0 atom stereocenters. The summed E-state index contributed by atoms with van der Waals surface area (Å²) in [6, 6.07) is 2.56. The molecule has 0 unspecified atom stereocenters. The van der Waals surface area contributed by atoms with E-state index in [1.807, 2.05) is 6.92 Å². The van der Waals surface area contributed by atoms with Gasteiger partial charge in [0.15, 0.2) is 22.9 Å². The second-order valence-corrected chi connectivity index (χ2v) is 5.59. The van der Waals surface area contributed by atoms with Crippen LogP contribution in [0.1, 0.15) is 25.3 Å². The van der Waals surface area contributed by atoms with Crippen molar-refractivity contribution in [2.45, 2.75) is 40.3 Å². The Hall–Kier alpha value is -3.17. The summed E-state index contributed by atoms with van der Waals surface area (Å²) in [6.07, 6.45) is 1.28. The van der Waals surface area contributed by atoms with Gasteiger partial charge in [0.25, 0.3) is 0 Å². The molecule has 0 saturated heterocycles. The molecule has 27 heavy (non-hydrogen) atoms. The molecular formula is C17H18F2N4O4. The zero-order valence-corrected chi connectivity index (χ0v) is 15.0. The van der Waals surface area contributed by atoms with Gasteiger partial charge in [-0.3, -0.25) is 5.32 Å². The number of halogens is 2. The van der Waals surface area contributed by atoms with E-state index in [2.05, 4.69) is 20.1 Å². The summed E-state index contributed by atoms with van der Waals surface area (Å²) in [4.78, 5) is 16.4. The van der Waals surface area contributed by atoms with Crippen LogP contribution in [0.15, 0.2) is 22.7 Å². The smallest absolute Gasteiger partial charge is 0.418 e. The monoisotopic (exact) mass is 380 g/mol. The molecule has 144 valence electrons. The number of oxazole rings is 1. The second-order valence-electron chi connectivity index (χ2n) is 5.59. The SMILES string of the molecule is CCc1nc2c(OC(F)F)ccc(OC(=O)Nc3c(C)cnn3CC)c2o1. The van der Waals surface area contributed by atoms with Crippen molar-refractivity contribution in [3.63, 3.8) is 0 Å². The van der Waals surface area contributed by atoms with E-state index in [1.54, 1.807) is 24.7 Å². The Bertz CT molecular complexity index is 967. The molecule has 0 radical (unpaired) electrons. The summed E-state index contributed by atoms with van der Waals surface area (Å²) in [5.41, 5.74) is 0.890. The van der Waals surface area contributed by atoms with E-state index in [4.69, 9.17) is 9.15 Å².